The summed E-state index contributed by atoms with van der Waals surface area (Å²) in [6.45, 7) is 1.70. The topological polar surface area (TPSA) is 91.5 Å². The molecule has 0 amide bonds. The summed E-state index contributed by atoms with van der Waals surface area (Å²) >= 11 is 0. The number of para-hydroxylation sites is 1. The van der Waals surface area contributed by atoms with Crippen LogP contribution in [0.2, 0.25) is 0 Å². The zero-order chi connectivity index (χ0) is 22.5. The van der Waals surface area contributed by atoms with Gasteiger partial charge >= 0.3 is 5.97 Å². The normalized spacial score (nSPS) is 10.6. The number of carbonyl (C=O) groups is 2. The maximum Gasteiger partial charge on any atom is 0.347 e. The second kappa shape index (κ2) is 9.22. The highest BCUT2D eigenvalue weighted by Crippen LogP contribution is 2.22. The maximum absolute atomic E-state index is 13.1. The van der Waals surface area contributed by atoms with Crippen molar-refractivity contribution in [1.82, 2.24) is 10.1 Å². The molecule has 0 aliphatic rings. The Morgan fingerprint density at radius 3 is 2.25 bits per heavy atom. The van der Waals surface area contributed by atoms with Gasteiger partial charge in [-0.25, -0.2) is 9.18 Å². The number of ether oxygens (including phenoxy) is 2. The van der Waals surface area contributed by atoms with Gasteiger partial charge in [-0.2, -0.15) is 4.98 Å². The third-order valence-corrected chi connectivity index (χ3v) is 4.47. The number of rotatable bonds is 7. The first-order chi connectivity index (χ1) is 15.5. The van der Waals surface area contributed by atoms with Crippen LogP contribution in [0.1, 0.15) is 38.0 Å². The Labute approximate surface area is 182 Å². The molecule has 4 aromatic rings. The van der Waals surface area contributed by atoms with Gasteiger partial charge in [0.15, 0.2) is 12.4 Å². The van der Waals surface area contributed by atoms with Crippen LogP contribution in [0.25, 0.3) is 0 Å². The second-order valence-electron chi connectivity index (χ2n) is 6.76. The van der Waals surface area contributed by atoms with E-state index < -0.39 is 11.8 Å². The van der Waals surface area contributed by atoms with E-state index in [1.165, 1.54) is 48.5 Å². The van der Waals surface area contributed by atoms with E-state index in [4.69, 9.17) is 14.0 Å². The monoisotopic (exact) mass is 432 g/mol. The Kier molecular flexibility index (Phi) is 6.03. The number of nitrogens with zero attached hydrogens (tertiary/aromatic N) is 2. The van der Waals surface area contributed by atoms with Gasteiger partial charge in [0.2, 0.25) is 11.7 Å². The second-order valence-corrected chi connectivity index (χ2v) is 6.76. The Hall–Kier alpha value is -4.33. The molecule has 3 aromatic carbocycles. The first-order valence-electron chi connectivity index (χ1n) is 9.63. The van der Waals surface area contributed by atoms with Gasteiger partial charge in [-0.3, -0.25) is 4.79 Å². The number of halogens is 1. The molecule has 0 spiro atoms. The maximum atomic E-state index is 13.1. The summed E-state index contributed by atoms with van der Waals surface area (Å²) < 4.78 is 29.0. The predicted octanol–water partition coefficient (Wildman–Crippen LogP) is 4.55. The molecule has 0 aliphatic carbocycles. The van der Waals surface area contributed by atoms with Gasteiger partial charge in [-0.15, -0.1) is 0 Å². The number of esters is 1. The van der Waals surface area contributed by atoms with Crippen LogP contribution < -0.4 is 9.47 Å². The van der Waals surface area contributed by atoms with Gasteiger partial charge in [-0.1, -0.05) is 17.3 Å². The standard InChI is InChI=1S/C24H17FN2O5/c1-15-26-22(27-32-15)14-30-21-5-3-2-4-20(21)24(29)31-19-12-8-17(9-13-19)23(28)16-6-10-18(25)11-7-16/h2-13H,14H2,1H3. The van der Waals surface area contributed by atoms with Crippen molar-refractivity contribution in [2.24, 2.45) is 0 Å². The Morgan fingerprint density at radius 1 is 0.938 bits per heavy atom. The lowest BCUT2D eigenvalue weighted by Crippen LogP contribution is -2.11. The molecule has 160 valence electrons. The predicted molar refractivity (Wildman–Crippen MR) is 111 cm³/mol. The lowest BCUT2D eigenvalue weighted by atomic mass is 10.0. The minimum Gasteiger partial charge on any atom is -0.485 e. The average molecular weight is 432 g/mol. The van der Waals surface area contributed by atoms with E-state index >= 15 is 0 Å². The van der Waals surface area contributed by atoms with Gasteiger partial charge in [0, 0.05) is 18.1 Å². The largest absolute Gasteiger partial charge is 0.485 e. The molecule has 0 saturated carbocycles. The molecular formula is C24H17FN2O5. The summed E-state index contributed by atoms with van der Waals surface area (Å²) in [6, 6.07) is 18.0. The summed E-state index contributed by atoms with van der Waals surface area (Å²) in [5.41, 5.74) is 0.966. The van der Waals surface area contributed by atoms with Crippen LogP contribution >= 0.6 is 0 Å². The molecule has 4 rings (SSSR count). The van der Waals surface area contributed by atoms with Crippen molar-refractivity contribution in [2.75, 3.05) is 0 Å². The third kappa shape index (κ3) is 4.86. The fraction of sp³-hybridized carbons (Fsp3) is 0.0833. The SMILES string of the molecule is Cc1nc(COc2ccccc2C(=O)Oc2ccc(C(=O)c3ccc(F)cc3)cc2)no1. The minimum atomic E-state index is -0.623. The van der Waals surface area contributed by atoms with E-state index in [0.717, 1.165) is 0 Å². The third-order valence-electron chi connectivity index (χ3n) is 4.47. The number of carbonyl (C=O) groups excluding carboxylic acids is 2. The zero-order valence-electron chi connectivity index (χ0n) is 16.9. The van der Waals surface area contributed by atoms with E-state index in [2.05, 4.69) is 10.1 Å². The fourth-order valence-electron chi connectivity index (χ4n) is 2.91. The molecule has 0 radical (unpaired) electrons. The van der Waals surface area contributed by atoms with E-state index in [-0.39, 0.29) is 23.7 Å². The molecule has 32 heavy (non-hydrogen) atoms. The number of aromatic nitrogens is 2. The fourth-order valence-corrected chi connectivity index (χ4v) is 2.91. The molecule has 0 fully saturated rings. The van der Waals surface area contributed by atoms with Crippen molar-refractivity contribution < 1.29 is 28.0 Å². The number of hydrogen-bond donors (Lipinski definition) is 0. The lowest BCUT2D eigenvalue weighted by molar-refractivity contribution is 0.0729. The van der Waals surface area contributed by atoms with Gasteiger partial charge in [0.1, 0.15) is 22.9 Å². The van der Waals surface area contributed by atoms with Crippen LogP contribution in [-0.2, 0) is 6.61 Å². The molecule has 0 bridgehead atoms. The van der Waals surface area contributed by atoms with Gasteiger partial charge < -0.3 is 14.0 Å². The highest BCUT2D eigenvalue weighted by Gasteiger charge is 2.16. The molecule has 0 unspecified atom stereocenters. The molecule has 0 aliphatic heterocycles. The van der Waals surface area contributed by atoms with Gasteiger partial charge in [0.25, 0.3) is 0 Å². The van der Waals surface area contributed by atoms with Gasteiger partial charge in [0.05, 0.1) is 0 Å². The highest BCUT2D eigenvalue weighted by atomic mass is 19.1. The highest BCUT2D eigenvalue weighted by molar-refractivity contribution is 6.09. The summed E-state index contributed by atoms with van der Waals surface area (Å²) in [5.74, 6) is 0.0309. The molecular weight excluding hydrogens is 415 g/mol. The molecule has 1 aromatic heterocycles. The molecule has 1 heterocycles. The Balaban J connectivity index is 1.44. The first-order valence-corrected chi connectivity index (χ1v) is 9.63. The molecule has 7 nitrogen and oxygen atoms in total. The quantitative estimate of drug-likeness (QED) is 0.240. The Bertz CT molecular complexity index is 1250. The van der Waals surface area contributed by atoms with E-state index in [9.17, 15) is 14.0 Å². The summed E-state index contributed by atoms with van der Waals surface area (Å²) in [7, 11) is 0. The lowest BCUT2D eigenvalue weighted by Gasteiger charge is -2.10. The van der Waals surface area contributed by atoms with Crippen molar-refractivity contribution in [3.8, 4) is 11.5 Å². The number of hydrogen-bond acceptors (Lipinski definition) is 7. The first kappa shape index (κ1) is 20.9. The number of ketones is 1. The summed E-state index contributed by atoms with van der Waals surface area (Å²) in [6.07, 6.45) is 0. The molecule has 0 saturated heterocycles. The van der Waals surface area contributed by atoms with Crippen LogP contribution in [0.15, 0.2) is 77.3 Å². The molecule has 0 atom stereocenters. The molecule has 0 N–H and O–H groups in total. The number of benzene rings is 3. The van der Waals surface area contributed by atoms with Crippen LogP contribution in [0.3, 0.4) is 0 Å². The smallest absolute Gasteiger partial charge is 0.347 e. The van der Waals surface area contributed by atoms with Crippen molar-refractivity contribution in [2.45, 2.75) is 13.5 Å². The van der Waals surface area contributed by atoms with Crippen molar-refractivity contribution in [3.63, 3.8) is 0 Å². The summed E-state index contributed by atoms with van der Waals surface area (Å²) in [4.78, 5) is 29.2. The van der Waals surface area contributed by atoms with Crippen molar-refractivity contribution >= 4 is 11.8 Å². The number of aryl methyl sites for hydroxylation is 1. The Morgan fingerprint density at radius 2 is 1.59 bits per heavy atom. The average Bonchev–Trinajstić information content (AvgIpc) is 3.23. The van der Waals surface area contributed by atoms with Crippen LogP contribution in [-0.4, -0.2) is 21.9 Å². The van der Waals surface area contributed by atoms with E-state index in [0.29, 0.717) is 28.6 Å². The van der Waals surface area contributed by atoms with E-state index in [1.54, 1.807) is 31.2 Å². The molecule has 8 heteroatoms. The van der Waals surface area contributed by atoms with Crippen LogP contribution in [0.4, 0.5) is 4.39 Å². The van der Waals surface area contributed by atoms with Crippen molar-refractivity contribution in [3.05, 3.63) is 107 Å². The van der Waals surface area contributed by atoms with Crippen LogP contribution in [0.5, 0.6) is 11.5 Å². The zero-order valence-corrected chi connectivity index (χ0v) is 16.9. The minimum absolute atomic E-state index is 0.0296. The van der Waals surface area contributed by atoms with Crippen LogP contribution in [0, 0.1) is 12.7 Å². The van der Waals surface area contributed by atoms with E-state index in [1.807, 2.05) is 0 Å². The summed E-state index contributed by atoms with van der Waals surface area (Å²) in [5, 5.41) is 3.75. The van der Waals surface area contributed by atoms with Gasteiger partial charge in [-0.05, 0) is 60.7 Å². The van der Waals surface area contributed by atoms with Crippen molar-refractivity contribution in [1.29, 1.82) is 0 Å².